The molecule has 0 aromatic carbocycles. The Kier molecular flexibility index (Phi) is 3.82. The lowest BCUT2D eigenvalue weighted by atomic mass is 10.1. The summed E-state index contributed by atoms with van der Waals surface area (Å²) in [5, 5.41) is 4.23. The van der Waals surface area contributed by atoms with Gasteiger partial charge in [-0.25, -0.2) is 0 Å². The highest BCUT2D eigenvalue weighted by Gasteiger charge is 2.15. The van der Waals surface area contributed by atoms with Crippen LogP contribution in [0.4, 0.5) is 0 Å². The number of ether oxygens (including phenoxy) is 1. The van der Waals surface area contributed by atoms with Gasteiger partial charge in [0.2, 0.25) is 0 Å². The smallest absolute Gasteiger partial charge is 0.307 e. The average molecular weight is 224 g/mol. The number of ketones is 1. The van der Waals surface area contributed by atoms with E-state index < -0.39 is 0 Å². The first-order chi connectivity index (χ1) is 7.47. The van der Waals surface area contributed by atoms with Crippen LogP contribution < -0.4 is 0 Å². The fourth-order valence-corrected chi connectivity index (χ4v) is 1.72. The second-order valence-corrected chi connectivity index (χ2v) is 3.65. The van der Waals surface area contributed by atoms with Gasteiger partial charge in [0, 0.05) is 5.69 Å². The number of carbonyl (C=O) groups excluding carboxylic acids is 2. The lowest BCUT2D eigenvalue weighted by Crippen LogP contribution is -2.09. The van der Waals surface area contributed by atoms with Crippen LogP contribution in [0.25, 0.3) is 0 Å². The predicted octanol–water partition coefficient (Wildman–Crippen LogP) is 1.27. The SMILES string of the molecule is COC(=O)CCn1nc(C)c(C(C)=O)c1C. The molecule has 0 aliphatic rings. The number of rotatable bonds is 4. The van der Waals surface area contributed by atoms with E-state index in [-0.39, 0.29) is 18.2 Å². The van der Waals surface area contributed by atoms with Crippen LogP contribution in [0.5, 0.6) is 0 Å². The third-order valence-electron chi connectivity index (χ3n) is 2.49. The molecule has 0 spiro atoms. The highest BCUT2D eigenvalue weighted by Crippen LogP contribution is 2.13. The Bertz CT molecular complexity index is 421. The van der Waals surface area contributed by atoms with Gasteiger partial charge in [-0.05, 0) is 20.8 Å². The van der Waals surface area contributed by atoms with Crippen molar-refractivity contribution >= 4 is 11.8 Å². The molecule has 0 aliphatic carbocycles. The van der Waals surface area contributed by atoms with Crippen molar-refractivity contribution in [1.29, 1.82) is 0 Å². The van der Waals surface area contributed by atoms with E-state index in [1.807, 2.05) is 6.92 Å². The first kappa shape index (κ1) is 12.4. The molecule has 16 heavy (non-hydrogen) atoms. The van der Waals surface area contributed by atoms with Gasteiger partial charge in [0.05, 0.1) is 31.3 Å². The van der Waals surface area contributed by atoms with Gasteiger partial charge < -0.3 is 4.74 Å². The number of carbonyl (C=O) groups is 2. The molecule has 5 nitrogen and oxygen atoms in total. The highest BCUT2D eigenvalue weighted by atomic mass is 16.5. The van der Waals surface area contributed by atoms with E-state index in [9.17, 15) is 9.59 Å². The number of hydrogen-bond donors (Lipinski definition) is 0. The standard InChI is InChI=1S/C11H16N2O3/c1-7-11(9(3)14)8(2)13(12-7)6-5-10(15)16-4/h5-6H2,1-4H3. The van der Waals surface area contributed by atoms with Gasteiger partial charge in [-0.1, -0.05) is 0 Å². The molecule has 5 heteroatoms. The van der Waals surface area contributed by atoms with E-state index in [0.717, 1.165) is 5.69 Å². The Hall–Kier alpha value is -1.65. The molecule has 0 N–H and O–H groups in total. The van der Waals surface area contributed by atoms with Gasteiger partial charge in [0.15, 0.2) is 5.78 Å². The molecule has 0 aliphatic heterocycles. The monoisotopic (exact) mass is 224 g/mol. The normalized spacial score (nSPS) is 10.2. The second kappa shape index (κ2) is 4.92. The molecule has 0 bridgehead atoms. The number of methoxy groups -OCH3 is 1. The fourth-order valence-electron chi connectivity index (χ4n) is 1.72. The molecule has 0 radical (unpaired) electrons. The van der Waals surface area contributed by atoms with E-state index in [1.54, 1.807) is 11.6 Å². The van der Waals surface area contributed by atoms with Gasteiger partial charge in [0.1, 0.15) is 0 Å². The van der Waals surface area contributed by atoms with Crippen LogP contribution in [0.1, 0.15) is 35.1 Å². The molecule has 1 aromatic heterocycles. The Labute approximate surface area is 94.4 Å². The summed E-state index contributed by atoms with van der Waals surface area (Å²) in [5.41, 5.74) is 2.15. The minimum Gasteiger partial charge on any atom is -0.469 e. The van der Waals surface area contributed by atoms with Crippen LogP contribution in [0.15, 0.2) is 0 Å². The third kappa shape index (κ3) is 2.48. The number of hydrogen-bond acceptors (Lipinski definition) is 4. The van der Waals surface area contributed by atoms with Gasteiger partial charge in [-0.3, -0.25) is 14.3 Å². The van der Waals surface area contributed by atoms with E-state index in [2.05, 4.69) is 9.84 Å². The minimum absolute atomic E-state index is 0.000631. The zero-order chi connectivity index (χ0) is 12.3. The quantitative estimate of drug-likeness (QED) is 0.570. The van der Waals surface area contributed by atoms with Crippen molar-refractivity contribution in [1.82, 2.24) is 9.78 Å². The fraction of sp³-hybridized carbons (Fsp3) is 0.545. The summed E-state index contributed by atoms with van der Waals surface area (Å²) in [6.07, 6.45) is 0.260. The van der Waals surface area contributed by atoms with Gasteiger partial charge in [0.25, 0.3) is 0 Å². The van der Waals surface area contributed by atoms with Crippen LogP contribution >= 0.6 is 0 Å². The summed E-state index contributed by atoms with van der Waals surface area (Å²) in [7, 11) is 1.35. The van der Waals surface area contributed by atoms with Crippen LogP contribution in [-0.4, -0.2) is 28.6 Å². The summed E-state index contributed by atoms with van der Waals surface area (Å²) in [6.45, 7) is 5.57. The molecular formula is C11H16N2O3. The minimum atomic E-state index is -0.281. The van der Waals surface area contributed by atoms with Crippen molar-refractivity contribution < 1.29 is 14.3 Å². The molecule has 1 heterocycles. The Morgan fingerprint density at radius 1 is 1.38 bits per heavy atom. The Morgan fingerprint density at radius 3 is 2.44 bits per heavy atom. The van der Waals surface area contributed by atoms with Crippen molar-refractivity contribution in [3.8, 4) is 0 Å². The van der Waals surface area contributed by atoms with Gasteiger partial charge in [-0.2, -0.15) is 5.10 Å². The van der Waals surface area contributed by atoms with Crippen LogP contribution in [-0.2, 0) is 16.1 Å². The van der Waals surface area contributed by atoms with Gasteiger partial charge in [-0.15, -0.1) is 0 Å². The molecule has 88 valence electrons. The molecular weight excluding hydrogens is 208 g/mol. The number of nitrogens with zero attached hydrogens (tertiary/aromatic N) is 2. The summed E-state index contributed by atoms with van der Waals surface area (Å²) in [4.78, 5) is 22.3. The molecule has 1 aromatic rings. The van der Waals surface area contributed by atoms with E-state index in [4.69, 9.17) is 0 Å². The van der Waals surface area contributed by atoms with Crippen LogP contribution in [0, 0.1) is 13.8 Å². The van der Waals surface area contributed by atoms with E-state index in [0.29, 0.717) is 17.8 Å². The predicted molar refractivity (Wildman–Crippen MR) is 58.3 cm³/mol. The topological polar surface area (TPSA) is 61.2 Å². The lowest BCUT2D eigenvalue weighted by molar-refractivity contribution is -0.140. The summed E-state index contributed by atoms with van der Waals surface area (Å²) >= 11 is 0. The summed E-state index contributed by atoms with van der Waals surface area (Å²) < 4.78 is 6.22. The van der Waals surface area contributed by atoms with E-state index >= 15 is 0 Å². The Morgan fingerprint density at radius 2 is 2.00 bits per heavy atom. The lowest BCUT2D eigenvalue weighted by Gasteiger charge is -2.03. The van der Waals surface area contributed by atoms with Crippen LogP contribution in [0.3, 0.4) is 0 Å². The number of esters is 1. The van der Waals surface area contributed by atoms with E-state index in [1.165, 1.54) is 14.0 Å². The zero-order valence-electron chi connectivity index (χ0n) is 10.0. The molecule has 0 fully saturated rings. The molecule has 0 unspecified atom stereocenters. The Balaban J connectivity index is 2.87. The number of aryl methyl sites for hydroxylation is 2. The third-order valence-corrected chi connectivity index (χ3v) is 2.49. The largest absolute Gasteiger partial charge is 0.469 e. The van der Waals surface area contributed by atoms with Crippen molar-refractivity contribution in [3.05, 3.63) is 17.0 Å². The molecule has 1 rings (SSSR count). The molecule has 0 atom stereocenters. The maximum absolute atomic E-state index is 11.3. The van der Waals surface area contributed by atoms with Gasteiger partial charge >= 0.3 is 5.97 Å². The van der Waals surface area contributed by atoms with Crippen molar-refractivity contribution in [2.75, 3.05) is 7.11 Å². The molecule has 0 amide bonds. The molecule has 0 saturated heterocycles. The number of aromatic nitrogens is 2. The first-order valence-corrected chi connectivity index (χ1v) is 5.09. The molecule has 0 saturated carbocycles. The highest BCUT2D eigenvalue weighted by molar-refractivity contribution is 5.96. The van der Waals surface area contributed by atoms with Crippen molar-refractivity contribution in [3.63, 3.8) is 0 Å². The zero-order valence-corrected chi connectivity index (χ0v) is 10.0. The van der Waals surface area contributed by atoms with Crippen molar-refractivity contribution in [2.24, 2.45) is 0 Å². The van der Waals surface area contributed by atoms with Crippen LogP contribution in [0.2, 0.25) is 0 Å². The second-order valence-electron chi connectivity index (χ2n) is 3.65. The average Bonchev–Trinajstić information content (AvgIpc) is 2.50. The first-order valence-electron chi connectivity index (χ1n) is 5.09. The van der Waals surface area contributed by atoms with Crippen molar-refractivity contribution in [2.45, 2.75) is 33.7 Å². The maximum Gasteiger partial charge on any atom is 0.307 e. The maximum atomic E-state index is 11.3. The summed E-state index contributed by atoms with van der Waals surface area (Å²) in [5.74, 6) is -0.281. The summed E-state index contributed by atoms with van der Waals surface area (Å²) in [6, 6.07) is 0. The number of Topliss-reactive ketones (excluding diaryl/α,β-unsaturated/α-hetero) is 1.